The number of piperidine rings is 3. The topological polar surface area (TPSA) is 6.48 Å². The first-order valence-corrected chi connectivity index (χ1v) is 11.3. The van der Waals surface area contributed by atoms with Crippen LogP contribution in [0.5, 0.6) is 0 Å². The van der Waals surface area contributed by atoms with Gasteiger partial charge in [-0.3, -0.25) is 4.90 Å². The van der Waals surface area contributed by atoms with Crippen LogP contribution < -0.4 is 0 Å². The lowest BCUT2D eigenvalue weighted by molar-refractivity contribution is -0.0475. The van der Waals surface area contributed by atoms with E-state index in [2.05, 4.69) is 44.5 Å². The molecule has 4 saturated heterocycles. The van der Waals surface area contributed by atoms with Gasteiger partial charge in [0.15, 0.2) is 0 Å². The molecule has 0 amide bonds. The summed E-state index contributed by atoms with van der Waals surface area (Å²) in [4.78, 5) is 5.66. The van der Waals surface area contributed by atoms with Gasteiger partial charge in [0.05, 0.1) is 0 Å². The van der Waals surface area contributed by atoms with Gasteiger partial charge >= 0.3 is 0 Å². The molecule has 2 nitrogen and oxygen atoms in total. The zero-order chi connectivity index (χ0) is 17.8. The summed E-state index contributed by atoms with van der Waals surface area (Å²) in [6.45, 7) is 12.8. The molecule has 5 rings (SSSR count). The van der Waals surface area contributed by atoms with Gasteiger partial charge in [-0.2, -0.15) is 0 Å². The molecule has 144 valence electrons. The number of hydrogen-bond donors (Lipinski definition) is 0. The van der Waals surface area contributed by atoms with Crippen LogP contribution in [0.3, 0.4) is 0 Å². The smallest absolute Gasteiger partial charge is 0.0132 e. The molecule has 4 aliphatic heterocycles. The molecule has 0 aromatic rings. The number of fused-ring (bicyclic) bond motifs is 5. The highest BCUT2D eigenvalue weighted by Gasteiger charge is 2.48. The van der Waals surface area contributed by atoms with E-state index < -0.39 is 0 Å². The molecule has 5 aliphatic rings. The molecule has 0 aromatic carbocycles. The quantitative estimate of drug-likeness (QED) is 0.692. The number of nitrogens with zero attached hydrogens (tertiary/aromatic N) is 2. The van der Waals surface area contributed by atoms with Crippen molar-refractivity contribution >= 4 is 0 Å². The van der Waals surface area contributed by atoms with E-state index >= 15 is 0 Å². The molecule has 4 heterocycles. The maximum Gasteiger partial charge on any atom is 0.0132 e. The summed E-state index contributed by atoms with van der Waals surface area (Å²) in [5.41, 5.74) is 1.12. The van der Waals surface area contributed by atoms with Crippen LogP contribution in [0, 0.1) is 22.7 Å². The minimum atomic E-state index is 0.479. The van der Waals surface area contributed by atoms with E-state index in [1.54, 1.807) is 0 Å². The second kappa shape index (κ2) is 6.51. The summed E-state index contributed by atoms with van der Waals surface area (Å²) in [6, 6.07) is 2.70. The van der Waals surface area contributed by atoms with Crippen LogP contribution >= 0.6 is 0 Å². The molecule has 0 aromatic heterocycles. The zero-order valence-corrected chi connectivity index (χ0v) is 17.6. The van der Waals surface area contributed by atoms with E-state index in [1.807, 2.05) is 0 Å². The highest BCUT2D eigenvalue weighted by molar-refractivity contribution is 5.02. The summed E-state index contributed by atoms with van der Waals surface area (Å²) in [7, 11) is 2.38. The Morgan fingerprint density at radius 1 is 0.960 bits per heavy atom. The molecule has 1 aliphatic carbocycles. The lowest BCUT2D eigenvalue weighted by Gasteiger charge is -2.55. The van der Waals surface area contributed by atoms with Crippen molar-refractivity contribution in [2.75, 3.05) is 20.1 Å². The molecule has 0 spiro atoms. The molecule has 5 fully saturated rings. The Morgan fingerprint density at radius 3 is 2.28 bits per heavy atom. The monoisotopic (exact) mass is 346 g/mol. The maximum absolute atomic E-state index is 2.98. The van der Waals surface area contributed by atoms with E-state index in [4.69, 9.17) is 0 Å². The van der Waals surface area contributed by atoms with Gasteiger partial charge in [-0.1, -0.05) is 27.7 Å². The van der Waals surface area contributed by atoms with Crippen molar-refractivity contribution < 1.29 is 0 Å². The fourth-order valence-electron chi connectivity index (χ4n) is 7.33. The Balaban J connectivity index is 1.39. The van der Waals surface area contributed by atoms with E-state index in [0.29, 0.717) is 10.8 Å². The molecule has 0 N–H and O–H groups in total. The van der Waals surface area contributed by atoms with Crippen LogP contribution in [0.2, 0.25) is 0 Å². The van der Waals surface area contributed by atoms with Crippen molar-refractivity contribution in [2.24, 2.45) is 22.7 Å². The summed E-state index contributed by atoms with van der Waals surface area (Å²) >= 11 is 0. The fraction of sp³-hybridized carbons (Fsp3) is 1.00. The first-order chi connectivity index (χ1) is 11.8. The Bertz CT molecular complexity index is 471. The third kappa shape index (κ3) is 3.20. The van der Waals surface area contributed by atoms with Crippen molar-refractivity contribution in [3.63, 3.8) is 0 Å². The van der Waals surface area contributed by atoms with Gasteiger partial charge in [0.25, 0.3) is 0 Å². The zero-order valence-electron chi connectivity index (χ0n) is 17.6. The van der Waals surface area contributed by atoms with Gasteiger partial charge < -0.3 is 4.90 Å². The molecule has 4 unspecified atom stereocenters. The molecule has 4 bridgehead atoms. The Labute approximate surface area is 156 Å². The predicted molar refractivity (Wildman–Crippen MR) is 107 cm³/mol. The van der Waals surface area contributed by atoms with Gasteiger partial charge in [-0.25, -0.2) is 0 Å². The van der Waals surface area contributed by atoms with Crippen LogP contribution in [-0.2, 0) is 0 Å². The van der Waals surface area contributed by atoms with Crippen LogP contribution in [0.15, 0.2) is 0 Å². The summed E-state index contributed by atoms with van der Waals surface area (Å²) in [5.74, 6) is 1.81. The third-order valence-corrected chi connectivity index (χ3v) is 9.08. The van der Waals surface area contributed by atoms with E-state index in [1.165, 1.54) is 70.9 Å². The molecule has 25 heavy (non-hydrogen) atoms. The average molecular weight is 347 g/mol. The molecule has 0 radical (unpaired) electrons. The molecular weight excluding hydrogens is 304 g/mol. The van der Waals surface area contributed by atoms with Crippen molar-refractivity contribution in [1.82, 2.24) is 9.80 Å². The van der Waals surface area contributed by atoms with Gasteiger partial charge in [-0.05, 0) is 94.0 Å². The van der Waals surface area contributed by atoms with Crippen molar-refractivity contribution in [1.29, 1.82) is 0 Å². The van der Waals surface area contributed by atoms with Gasteiger partial charge in [0.2, 0.25) is 0 Å². The Hall–Kier alpha value is -0.0800. The van der Waals surface area contributed by atoms with Crippen molar-refractivity contribution in [3.05, 3.63) is 0 Å². The fourth-order valence-corrected chi connectivity index (χ4v) is 7.33. The molecule has 1 saturated carbocycles. The van der Waals surface area contributed by atoms with E-state index in [-0.39, 0.29) is 0 Å². The van der Waals surface area contributed by atoms with E-state index in [0.717, 1.165) is 30.0 Å². The standard InChI is InChI=1S/C23H42N2/c1-17(23-13-10-18(11-14-23)24(5)16-23)12-15-25-19-6-8-20(22(2,3)4)21(25)9-7-19/h17-21H,6-16H2,1-5H3. The van der Waals surface area contributed by atoms with Crippen LogP contribution in [0.1, 0.15) is 85.5 Å². The number of hydrogen-bond acceptors (Lipinski definition) is 2. The molecule has 2 heteroatoms. The minimum Gasteiger partial charge on any atom is -0.303 e. The van der Waals surface area contributed by atoms with Gasteiger partial charge in [0.1, 0.15) is 0 Å². The largest absolute Gasteiger partial charge is 0.303 e. The Kier molecular flexibility index (Phi) is 4.77. The van der Waals surface area contributed by atoms with E-state index in [9.17, 15) is 0 Å². The summed E-state index contributed by atoms with van der Waals surface area (Å²) in [5, 5.41) is 0. The highest BCUT2D eigenvalue weighted by atomic mass is 15.2. The van der Waals surface area contributed by atoms with Crippen LogP contribution in [0.4, 0.5) is 0 Å². The second-order valence-corrected chi connectivity index (χ2v) is 11.3. The van der Waals surface area contributed by atoms with Crippen LogP contribution in [-0.4, -0.2) is 48.1 Å². The molecular formula is C23H42N2. The average Bonchev–Trinajstić information content (AvgIpc) is 2.81. The van der Waals surface area contributed by atoms with Gasteiger partial charge in [-0.15, -0.1) is 0 Å². The lowest BCUT2D eigenvalue weighted by atomic mass is 9.61. The first kappa shape index (κ1) is 18.3. The summed E-state index contributed by atoms with van der Waals surface area (Å²) in [6.07, 6.45) is 13.2. The minimum absolute atomic E-state index is 0.479. The maximum atomic E-state index is 2.98. The predicted octanol–water partition coefficient (Wildman–Crippen LogP) is 5.18. The third-order valence-electron chi connectivity index (χ3n) is 9.08. The molecule has 4 atom stereocenters. The van der Waals surface area contributed by atoms with Crippen molar-refractivity contribution in [3.8, 4) is 0 Å². The highest BCUT2D eigenvalue weighted by Crippen LogP contribution is 2.51. The van der Waals surface area contributed by atoms with Gasteiger partial charge in [0, 0.05) is 24.7 Å². The first-order valence-electron chi connectivity index (χ1n) is 11.3. The second-order valence-electron chi connectivity index (χ2n) is 11.3. The normalized spacial score (nSPS) is 43.6. The lowest BCUT2D eigenvalue weighted by Crippen LogP contribution is -2.55. The summed E-state index contributed by atoms with van der Waals surface area (Å²) < 4.78 is 0. The SMILES string of the molecule is CC(CCN1C2CCC1C(C(C)(C)C)CC2)C12CCC(CC1)N(C)C2. The van der Waals surface area contributed by atoms with Crippen LogP contribution in [0.25, 0.3) is 0 Å². The van der Waals surface area contributed by atoms with Crippen molar-refractivity contribution in [2.45, 2.75) is 104 Å². The number of rotatable bonds is 4. The Morgan fingerprint density at radius 2 is 1.64 bits per heavy atom.